The Kier molecular flexibility index (Phi) is 6.40. The van der Waals surface area contributed by atoms with E-state index in [9.17, 15) is 4.79 Å². The lowest BCUT2D eigenvalue weighted by atomic mass is 10.0. The van der Waals surface area contributed by atoms with Crippen molar-refractivity contribution < 1.29 is 9.21 Å². The monoisotopic (exact) mass is 471 g/mol. The molecule has 3 aromatic heterocycles. The second-order valence-corrected chi connectivity index (χ2v) is 8.51. The van der Waals surface area contributed by atoms with Crippen molar-refractivity contribution in [2.45, 2.75) is 25.0 Å². The summed E-state index contributed by atoms with van der Waals surface area (Å²) in [5.74, 6) is 0.814. The van der Waals surface area contributed by atoms with Crippen molar-refractivity contribution in [3.8, 4) is 0 Å². The van der Waals surface area contributed by atoms with Crippen LogP contribution in [0.2, 0.25) is 0 Å². The molecule has 1 aromatic carbocycles. The molecule has 0 aliphatic carbocycles. The molecular weight excluding hydrogens is 446 g/mol. The molecule has 0 radical (unpaired) electrons. The molecule has 5 rings (SSSR count). The number of hydrogen-bond donors (Lipinski definition) is 2. The van der Waals surface area contributed by atoms with E-state index >= 15 is 0 Å². The maximum atomic E-state index is 12.7. The molecule has 1 aliphatic rings. The first kappa shape index (κ1) is 21.9. The Balaban J connectivity index is 1.40. The first-order valence-corrected chi connectivity index (χ1v) is 11.6. The Morgan fingerprint density at radius 1 is 1.06 bits per heavy atom. The van der Waals surface area contributed by atoms with E-state index < -0.39 is 0 Å². The number of carbonyl (C=O) groups is 1. The van der Waals surface area contributed by atoms with Crippen molar-refractivity contribution in [2.24, 2.45) is 0 Å². The minimum Gasteiger partial charge on any atom is -0.467 e. The Morgan fingerprint density at radius 3 is 2.68 bits per heavy atom. The molecule has 1 aliphatic heterocycles. The molecule has 0 bridgehead atoms. The second kappa shape index (κ2) is 9.93. The molecule has 0 saturated carbocycles. The summed E-state index contributed by atoms with van der Waals surface area (Å²) in [6, 6.07) is 23.0. The average molecular weight is 472 g/mol. The molecule has 4 aromatic rings. The van der Waals surface area contributed by atoms with Crippen LogP contribution in [0.1, 0.15) is 35.7 Å². The van der Waals surface area contributed by atoms with Gasteiger partial charge in [-0.3, -0.25) is 9.78 Å². The number of rotatable bonds is 8. The average Bonchev–Trinajstić information content (AvgIpc) is 3.60. The lowest BCUT2D eigenvalue weighted by molar-refractivity contribution is -0.116. The predicted molar refractivity (Wildman–Crippen MR) is 134 cm³/mol. The van der Waals surface area contributed by atoms with E-state index in [2.05, 4.69) is 31.2 Å². The summed E-state index contributed by atoms with van der Waals surface area (Å²) in [4.78, 5) is 19.3. The first-order chi connectivity index (χ1) is 16.7. The maximum absolute atomic E-state index is 12.7. The van der Waals surface area contributed by atoms with Gasteiger partial charge in [0.2, 0.25) is 5.91 Å². The van der Waals surface area contributed by atoms with Gasteiger partial charge >= 0.3 is 0 Å². The van der Waals surface area contributed by atoms with E-state index in [1.807, 2.05) is 72.9 Å². The van der Waals surface area contributed by atoms with Gasteiger partial charge in [0.1, 0.15) is 5.76 Å². The summed E-state index contributed by atoms with van der Waals surface area (Å²) < 4.78 is 7.74. The number of carbonyl (C=O) groups excluding carboxylic acids is 1. The van der Waals surface area contributed by atoms with E-state index in [0.29, 0.717) is 24.6 Å². The Labute approximate surface area is 203 Å². The fourth-order valence-corrected chi connectivity index (χ4v) is 4.68. The van der Waals surface area contributed by atoms with Crippen molar-refractivity contribution in [1.82, 2.24) is 19.8 Å². The number of anilines is 1. The number of pyridine rings is 1. The van der Waals surface area contributed by atoms with Crippen LogP contribution < -0.4 is 10.6 Å². The van der Waals surface area contributed by atoms with Crippen LogP contribution >= 0.6 is 12.2 Å². The number of nitrogens with one attached hydrogen (secondary N) is 2. The van der Waals surface area contributed by atoms with E-state index in [0.717, 1.165) is 22.8 Å². The first-order valence-electron chi connectivity index (χ1n) is 11.2. The molecule has 7 nitrogen and oxygen atoms in total. The van der Waals surface area contributed by atoms with Gasteiger partial charge in [0, 0.05) is 36.7 Å². The van der Waals surface area contributed by atoms with Gasteiger partial charge in [-0.1, -0.05) is 24.3 Å². The third-order valence-corrected chi connectivity index (χ3v) is 6.26. The number of thiocarbonyl (C=S) groups is 1. The zero-order valence-electron chi connectivity index (χ0n) is 18.5. The number of para-hydroxylation sites is 1. The van der Waals surface area contributed by atoms with Crippen LogP contribution in [0.15, 0.2) is 95.9 Å². The Bertz CT molecular complexity index is 1240. The van der Waals surface area contributed by atoms with Gasteiger partial charge in [-0.05, 0) is 60.7 Å². The van der Waals surface area contributed by atoms with Gasteiger partial charge in [0.05, 0.1) is 30.6 Å². The van der Waals surface area contributed by atoms with Crippen molar-refractivity contribution in [3.05, 3.63) is 109 Å². The van der Waals surface area contributed by atoms with Gasteiger partial charge in [-0.2, -0.15) is 0 Å². The zero-order chi connectivity index (χ0) is 23.3. The van der Waals surface area contributed by atoms with Crippen LogP contribution in [0.5, 0.6) is 0 Å². The number of hydrogen-bond acceptors (Lipinski definition) is 4. The molecule has 4 heterocycles. The highest BCUT2D eigenvalue weighted by molar-refractivity contribution is 7.80. The van der Waals surface area contributed by atoms with Crippen LogP contribution in [0.3, 0.4) is 0 Å². The quantitative estimate of drug-likeness (QED) is 0.368. The molecule has 1 fully saturated rings. The topological polar surface area (TPSA) is 75.3 Å². The largest absolute Gasteiger partial charge is 0.467 e. The molecule has 2 N–H and O–H groups in total. The minimum atomic E-state index is -0.142. The standard InChI is InChI=1S/C26H25N5O2S/c32-23(28-19-8-2-1-3-9-19)13-16-31-25(24(29-26(31)34)21-11-4-5-14-27-21)22-12-6-15-30(22)18-20-10-7-17-33-20/h1-12,14-15,17,24-25H,13,16,18H2,(H,28,32)(H,29,34)/t24-,25-/m0/s1. The van der Waals surface area contributed by atoms with E-state index in [1.165, 1.54) is 0 Å². The molecular formula is C26H25N5O2S. The maximum Gasteiger partial charge on any atom is 0.226 e. The van der Waals surface area contributed by atoms with E-state index in [1.54, 1.807) is 12.5 Å². The Hall–Kier alpha value is -3.91. The third kappa shape index (κ3) is 4.72. The van der Waals surface area contributed by atoms with Crippen molar-refractivity contribution in [1.29, 1.82) is 0 Å². The van der Waals surface area contributed by atoms with Crippen LogP contribution in [-0.2, 0) is 11.3 Å². The van der Waals surface area contributed by atoms with Gasteiger partial charge < -0.3 is 24.5 Å². The SMILES string of the molecule is O=C(CCN1C(=S)N[C@@H](c2ccccn2)[C@@H]1c1cccn1Cc1ccco1)Nc1ccccc1. The Morgan fingerprint density at radius 2 is 1.91 bits per heavy atom. The van der Waals surface area contributed by atoms with E-state index in [4.69, 9.17) is 16.6 Å². The summed E-state index contributed by atoms with van der Waals surface area (Å²) in [5.41, 5.74) is 2.75. The smallest absolute Gasteiger partial charge is 0.226 e. The van der Waals surface area contributed by atoms with Crippen molar-refractivity contribution in [2.75, 3.05) is 11.9 Å². The molecule has 172 valence electrons. The van der Waals surface area contributed by atoms with Crippen LogP contribution in [-0.4, -0.2) is 32.0 Å². The van der Waals surface area contributed by atoms with Gasteiger partial charge in [0.15, 0.2) is 5.11 Å². The van der Waals surface area contributed by atoms with Crippen LogP contribution in [0.4, 0.5) is 5.69 Å². The summed E-state index contributed by atoms with van der Waals surface area (Å²) in [5, 5.41) is 7.01. The predicted octanol–water partition coefficient (Wildman–Crippen LogP) is 4.53. The highest BCUT2D eigenvalue weighted by Crippen LogP contribution is 2.39. The zero-order valence-corrected chi connectivity index (χ0v) is 19.3. The number of aromatic nitrogens is 2. The third-order valence-electron chi connectivity index (χ3n) is 5.91. The molecule has 1 saturated heterocycles. The molecule has 34 heavy (non-hydrogen) atoms. The fraction of sp³-hybridized carbons (Fsp3) is 0.192. The van der Waals surface area contributed by atoms with Crippen molar-refractivity contribution >= 4 is 28.9 Å². The van der Waals surface area contributed by atoms with Crippen LogP contribution in [0.25, 0.3) is 0 Å². The number of benzene rings is 1. The highest BCUT2D eigenvalue weighted by Gasteiger charge is 2.41. The lowest BCUT2D eigenvalue weighted by Crippen LogP contribution is -2.33. The lowest BCUT2D eigenvalue weighted by Gasteiger charge is -2.28. The molecule has 2 atom stereocenters. The fourth-order valence-electron chi connectivity index (χ4n) is 4.35. The van der Waals surface area contributed by atoms with Gasteiger partial charge in [-0.25, -0.2) is 0 Å². The summed E-state index contributed by atoms with van der Waals surface area (Å²) in [6.45, 7) is 1.08. The molecule has 0 spiro atoms. The van der Waals surface area contributed by atoms with Gasteiger partial charge in [-0.15, -0.1) is 0 Å². The number of amides is 1. The highest BCUT2D eigenvalue weighted by atomic mass is 32.1. The molecule has 1 amide bonds. The van der Waals surface area contributed by atoms with Crippen molar-refractivity contribution in [3.63, 3.8) is 0 Å². The van der Waals surface area contributed by atoms with Gasteiger partial charge in [0.25, 0.3) is 0 Å². The van der Waals surface area contributed by atoms with E-state index in [-0.39, 0.29) is 18.0 Å². The number of furan rings is 1. The molecule has 0 unspecified atom stereocenters. The normalized spacial score (nSPS) is 17.5. The minimum absolute atomic E-state index is 0.0556. The summed E-state index contributed by atoms with van der Waals surface area (Å²) >= 11 is 5.74. The summed E-state index contributed by atoms with van der Waals surface area (Å²) in [6.07, 6.45) is 5.81. The molecule has 8 heteroatoms. The van der Waals surface area contributed by atoms with Crippen LogP contribution in [0, 0.1) is 0 Å². The second-order valence-electron chi connectivity index (χ2n) is 8.12. The summed E-state index contributed by atoms with van der Waals surface area (Å²) in [7, 11) is 0. The number of nitrogens with zero attached hydrogens (tertiary/aromatic N) is 3.